The van der Waals surface area contributed by atoms with Gasteiger partial charge in [0, 0.05) is 18.6 Å². The quantitative estimate of drug-likeness (QED) is 0.795. The van der Waals surface area contributed by atoms with Crippen LogP contribution in [0.5, 0.6) is 5.75 Å². The SMILES string of the molecule is Cc1cccn2cc(COc3cccnc3C(=O)O)nc12. The Morgan fingerprint density at radius 1 is 1.38 bits per heavy atom. The average Bonchev–Trinajstić information content (AvgIpc) is 2.90. The molecule has 3 rings (SSSR count). The second-order valence-corrected chi connectivity index (χ2v) is 4.60. The first-order valence-electron chi connectivity index (χ1n) is 6.39. The smallest absolute Gasteiger partial charge is 0.358 e. The van der Waals surface area contributed by atoms with Crippen molar-refractivity contribution in [3.05, 3.63) is 59.8 Å². The Hall–Kier alpha value is -2.89. The Labute approximate surface area is 120 Å². The van der Waals surface area contributed by atoms with Gasteiger partial charge in [0.2, 0.25) is 0 Å². The van der Waals surface area contributed by atoms with E-state index in [1.54, 1.807) is 12.1 Å². The lowest BCUT2D eigenvalue weighted by Gasteiger charge is -2.06. The van der Waals surface area contributed by atoms with Gasteiger partial charge in [0.15, 0.2) is 11.4 Å². The maximum Gasteiger partial charge on any atom is 0.358 e. The molecule has 0 amide bonds. The standard InChI is InChI=1S/C15H13N3O3/c1-10-4-3-7-18-8-11(17-14(10)18)9-21-12-5-2-6-16-13(12)15(19)20/h2-8H,9H2,1H3,(H,19,20). The fraction of sp³-hybridized carbons (Fsp3) is 0.133. The first kappa shape index (κ1) is 13.1. The van der Waals surface area contributed by atoms with E-state index in [4.69, 9.17) is 9.84 Å². The van der Waals surface area contributed by atoms with Gasteiger partial charge in [0.25, 0.3) is 0 Å². The molecular formula is C15H13N3O3. The van der Waals surface area contributed by atoms with E-state index in [0.717, 1.165) is 16.9 Å². The molecule has 0 bridgehead atoms. The van der Waals surface area contributed by atoms with E-state index in [1.807, 2.05) is 35.9 Å². The zero-order valence-electron chi connectivity index (χ0n) is 11.4. The van der Waals surface area contributed by atoms with Gasteiger partial charge < -0.3 is 14.2 Å². The molecule has 0 spiro atoms. The van der Waals surface area contributed by atoms with Crippen molar-refractivity contribution in [1.82, 2.24) is 14.4 Å². The third-order valence-electron chi connectivity index (χ3n) is 3.08. The molecule has 3 aromatic rings. The number of aromatic carboxylic acids is 1. The molecule has 0 fully saturated rings. The Morgan fingerprint density at radius 3 is 3.00 bits per heavy atom. The van der Waals surface area contributed by atoms with Gasteiger partial charge in [-0.15, -0.1) is 0 Å². The van der Waals surface area contributed by atoms with Gasteiger partial charge in [-0.05, 0) is 30.7 Å². The zero-order chi connectivity index (χ0) is 14.8. The first-order chi connectivity index (χ1) is 10.1. The lowest BCUT2D eigenvalue weighted by molar-refractivity contribution is 0.0684. The monoisotopic (exact) mass is 283 g/mol. The van der Waals surface area contributed by atoms with Gasteiger partial charge in [-0.25, -0.2) is 14.8 Å². The second-order valence-electron chi connectivity index (χ2n) is 4.60. The van der Waals surface area contributed by atoms with Crippen LogP contribution in [-0.2, 0) is 6.61 Å². The van der Waals surface area contributed by atoms with Crippen LogP contribution in [0, 0.1) is 6.92 Å². The molecule has 0 aromatic carbocycles. The summed E-state index contributed by atoms with van der Waals surface area (Å²) in [5, 5.41) is 9.05. The van der Waals surface area contributed by atoms with Crippen LogP contribution in [0.2, 0.25) is 0 Å². The Bertz CT molecular complexity index is 811. The highest BCUT2D eigenvalue weighted by Crippen LogP contribution is 2.17. The number of nitrogens with zero attached hydrogens (tertiary/aromatic N) is 3. The maximum atomic E-state index is 11.1. The Kier molecular flexibility index (Phi) is 3.27. The van der Waals surface area contributed by atoms with Gasteiger partial charge in [-0.1, -0.05) is 6.07 Å². The molecule has 0 radical (unpaired) electrons. The van der Waals surface area contributed by atoms with Crippen LogP contribution in [0.1, 0.15) is 21.7 Å². The van der Waals surface area contributed by atoms with E-state index in [9.17, 15) is 4.79 Å². The van der Waals surface area contributed by atoms with Crippen LogP contribution in [0.3, 0.4) is 0 Å². The summed E-state index contributed by atoms with van der Waals surface area (Å²) in [5.74, 6) is -0.879. The third kappa shape index (κ3) is 2.55. The van der Waals surface area contributed by atoms with Crippen molar-refractivity contribution in [2.24, 2.45) is 0 Å². The van der Waals surface area contributed by atoms with Crippen molar-refractivity contribution in [1.29, 1.82) is 0 Å². The number of hydrogen-bond donors (Lipinski definition) is 1. The molecule has 0 unspecified atom stereocenters. The minimum Gasteiger partial charge on any atom is -0.485 e. The van der Waals surface area contributed by atoms with E-state index in [2.05, 4.69) is 9.97 Å². The van der Waals surface area contributed by atoms with Crippen molar-refractivity contribution in [2.75, 3.05) is 0 Å². The highest BCUT2D eigenvalue weighted by atomic mass is 16.5. The van der Waals surface area contributed by atoms with Crippen LogP contribution in [0.25, 0.3) is 5.65 Å². The van der Waals surface area contributed by atoms with E-state index >= 15 is 0 Å². The molecule has 0 aliphatic carbocycles. The number of carboxylic acids is 1. The molecule has 6 nitrogen and oxygen atoms in total. The van der Waals surface area contributed by atoms with Crippen LogP contribution in [0.15, 0.2) is 42.9 Å². The minimum atomic E-state index is -1.11. The van der Waals surface area contributed by atoms with Gasteiger partial charge in [-0.2, -0.15) is 0 Å². The molecule has 3 aromatic heterocycles. The molecule has 106 valence electrons. The number of aromatic nitrogens is 3. The van der Waals surface area contributed by atoms with Crippen molar-refractivity contribution >= 4 is 11.6 Å². The largest absolute Gasteiger partial charge is 0.485 e. The number of pyridine rings is 2. The van der Waals surface area contributed by atoms with Crippen molar-refractivity contribution in [3.63, 3.8) is 0 Å². The Morgan fingerprint density at radius 2 is 2.24 bits per heavy atom. The van der Waals surface area contributed by atoms with Crippen molar-refractivity contribution < 1.29 is 14.6 Å². The van der Waals surface area contributed by atoms with E-state index < -0.39 is 5.97 Å². The number of ether oxygens (including phenoxy) is 1. The van der Waals surface area contributed by atoms with Gasteiger partial charge >= 0.3 is 5.97 Å². The average molecular weight is 283 g/mol. The molecule has 21 heavy (non-hydrogen) atoms. The lowest BCUT2D eigenvalue weighted by atomic mass is 10.3. The number of carbonyl (C=O) groups is 1. The number of aryl methyl sites for hydroxylation is 1. The summed E-state index contributed by atoms with van der Waals surface area (Å²) in [5.41, 5.74) is 2.55. The molecule has 0 aliphatic heterocycles. The highest BCUT2D eigenvalue weighted by Gasteiger charge is 2.13. The number of carboxylic acid groups (broad SMARTS) is 1. The molecule has 1 N–H and O–H groups in total. The number of imidazole rings is 1. The van der Waals surface area contributed by atoms with Crippen LogP contribution in [-0.4, -0.2) is 25.4 Å². The summed E-state index contributed by atoms with van der Waals surface area (Å²) in [4.78, 5) is 19.3. The minimum absolute atomic E-state index is 0.0996. The summed E-state index contributed by atoms with van der Waals surface area (Å²) >= 11 is 0. The van der Waals surface area contributed by atoms with Crippen molar-refractivity contribution in [3.8, 4) is 5.75 Å². The molecule has 0 atom stereocenters. The normalized spacial score (nSPS) is 10.7. The fourth-order valence-electron chi connectivity index (χ4n) is 2.09. The fourth-order valence-corrected chi connectivity index (χ4v) is 2.09. The molecule has 3 heterocycles. The summed E-state index contributed by atoms with van der Waals surface area (Å²) in [6, 6.07) is 7.14. The van der Waals surface area contributed by atoms with Crippen LogP contribution < -0.4 is 4.74 Å². The predicted molar refractivity (Wildman–Crippen MR) is 75.5 cm³/mol. The summed E-state index contributed by atoms with van der Waals surface area (Å²) < 4.78 is 7.45. The molecular weight excluding hydrogens is 270 g/mol. The first-order valence-corrected chi connectivity index (χ1v) is 6.39. The lowest BCUT2D eigenvalue weighted by Crippen LogP contribution is -2.05. The van der Waals surface area contributed by atoms with Crippen LogP contribution in [0.4, 0.5) is 0 Å². The number of hydrogen-bond acceptors (Lipinski definition) is 4. The summed E-state index contributed by atoms with van der Waals surface area (Å²) in [6.07, 6.45) is 5.19. The van der Waals surface area contributed by atoms with E-state index in [1.165, 1.54) is 6.20 Å². The number of rotatable bonds is 4. The number of fused-ring (bicyclic) bond motifs is 1. The predicted octanol–water partition coefficient (Wildman–Crippen LogP) is 2.31. The van der Waals surface area contributed by atoms with Gasteiger partial charge in [0.05, 0.1) is 5.69 Å². The topological polar surface area (TPSA) is 76.7 Å². The highest BCUT2D eigenvalue weighted by molar-refractivity contribution is 5.88. The summed E-state index contributed by atoms with van der Waals surface area (Å²) in [6.45, 7) is 2.17. The molecule has 0 aliphatic rings. The molecule has 6 heteroatoms. The Balaban J connectivity index is 1.84. The molecule has 0 saturated carbocycles. The van der Waals surface area contributed by atoms with E-state index in [-0.39, 0.29) is 18.1 Å². The van der Waals surface area contributed by atoms with E-state index in [0.29, 0.717) is 0 Å². The maximum absolute atomic E-state index is 11.1. The van der Waals surface area contributed by atoms with Crippen molar-refractivity contribution in [2.45, 2.75) is 13.5 Å². The van der Waals surface area contributed by atoms with Gasteiger partial charge in [-0.3, -0.25) is 0 Å². The summed E-state index contributed by atoms with van der Waals surface area (Å²) in [7, 11) is 0. The second kappa shape index (κ2) is 5.24. The molecule has 0 saturated heterocycles. The third-order valence-corrected chi connectivity index (χ3v) is 3.08. The zero-order valence-corrected chi connectivity index (χ0v) is 11.4. The van der Waals surface area contributed by atoms with Gasteiger partial charge in [0.1, 0.15) is 12.3 Å². The van der Waals surface area contributed by atoms with Crippen LogP contribution >= 0.6 is 0 Å².